The molecule has 0 aromatic rings. The summed E-state index contributed by atoms with van der Waals surface area (Å²) in [7, 11) is 0. The summed E-state index contributed by atoms with van der Waals surface area (Å²) in [6.07, 6.45) is 4.44. The molecule has 0 spiro atoms. The van der Waals surface area contributed by atoms with Crippen LogP contribution in [0.1, 0.15) is 33.6 Å². The number of hydrogen-bond acceptors (Lipinski definition) is 3. The fraction of sp³-hybridized carbons (Fsp3) is 0.818. The van der Waals surface area contributed by atoms with Crippen molar-refractivity contribution in [2.45, 2.75) is 39.2 Å². The van der Waals surface area contributed by atoms with Crippen molar-refractivity contribution in [2.24, 2.45) is 0 Å². The van der Waals surface area contributed by atoms with E-state index in [1.165, 1.54) is 0 Å². The molecular weight excluding hydrogens is 178 g/mol. The van der Waals surface area contributed by atoms with Crippen molar-refractivity contribution in [2.75, 3.05) is 19.6 Å². The second-order valence-electron chi connectivity index (χ2n) is 4.73. The third-order valence-electron chi connectivity index (χ3n) is 2.07. The molecule has 1 rings (SSSR count). The molecule has 0 N–H and O–H groups in total. The molecule has 1 fully saturated rings. The smallest absolute Gasteiger partial charge is 0.320 e. The van der Waals surface area contributed by atoms with Crippen molar-refractivity contribution in [3.05, 3.63) is 6.42 Å². The van der Waals surface area contributed by atoms with Crippen molar-refractivity contribution in [3.8, 4) is 0 Å². The summed E-state index contributed by atoms with van der Waals surface area (Å²) in [5, 5.41) is 0. The van der Waals surface area contributed by atoms with Crippen LogP contribution >= 0.6 is 0 Å². The minimum atomic E-state index is -0.362. The Hall–Kier alpha value is -0.570. The molecule has 0 bridgehead atoms. The van der Waals surface area contributed by atoms with Gasteiger partial charge in [0.25, 0.3) is 0 Å². The van der Waals surface area contributed by atoms with Gasteiger partial charge in [-0.25, -0.2) is 0 Å². The predicted molar refractivity (Wildman–Crippen MR) is 55.8 cm³/mol. The van der Waals surface area contributed by atoms with Crippen molar-refractivity contribution in [1.82, 2.24) is 4.90 Å². The molecular formula is C11H20NO2. The van der Waals surface area contributed by atoms with E-state index in [1.807, 2.05) is 20.8 Å². The first-order chi connectivity index (χ1) is 6.47. The highest BCUT2D eigenvalue weighted by Gasteiger charge is 2.19. The largest absolute Gasteiger partial charge is 0.459 e. The Morgan fingerprint density at radius 1 is 1.36 bits per heavy atom. The topological polar surface area (TPSA) is 29.5 Å². The molecule has 1 aliphatic heterocycles. The van der Waals surface area contributed by atoms with Gasteiger partial charge in [-0.05, 0) is 53.1 Å². The van der Waals surface area contributed by atoms with E-state index in [1.54, 1.807) is 0 Å². The van der Waals surface area contributed by atoms with E-state index >= 15 is 0 Å². The van der Waals surface area contributed by atoms with Crippen LogP contribution in [0.5, 0.6) is 0 Å². The summed E-state index contributed by atoms with van der Waals surface area (Å²) in [5.74, 6) is -0.112. The molecule has 1 saturated heterocycles. The van der Waals surface area contributed by atoms with Crippen LogP contribution in [0.3, 0.4) is 0 Å². The lowest BCUT2D eigenvalue weighted by atomic mass is 10.1. The zero-order valence-corrected chi connectivity index (χ0v) is 9.38. The summed E-state index contributed by atoms with van der Waals surface area (Å²) >= 11 is 0. The minimum absolute atomic E-state index is 0.112. The Morgan fingerprint density at radius 2 is 1.93 bits per heavy atom. The molecule has 14 heavy (non-hydrogen) atoms. The van der Waals surface area contributed by atoms with Crippen LogP contribution in [0.2, 0.25) is 0 Å². The summed E-state index contributed by atoms with van der Waals surface area (Å²) in [5.41, 5.74) is -0.362. The molecule has 0 unspecified atom stereocenters. The number of esters is 1. The summed E-state index contributed by atoms with van der Waals surface area (Å²) in [6.45, 7) is 8.10. The number of carbonyl (C=O) groups excluding carboxylic acids is 1. The SMILES string of the molecule is CC(C)(C)OC(=O)CN1CC[CH]CC1. The summed E-state index contributed by atoms with van der Waals surface area (Å²) in [6, 6.07) is 0. The van der Waals surface area contributed by atoms with Gasteiger partial charge in [-0.15, -0.1) is 0 Å². The second kappa shape index (κ2) is 4.78. The van der Waals surface area contributed by atoms with Gasteiger partial charge in [0.2, 0.25) is 0 Å². The van der Waals surface area contributed by atoms with Crippen LogP contribution in [0.4, 0.5) is 0 Å². The Bertz CT molecular complexity index is 190. The fourth-order valence-electron chi connectivity index (χ4n) is 1.52. The Morgan fingerprint density at radius 3 is 2.43 bits per heavy atom. The number of nitrogens with zero attached hydrogens (tertiary/aromatic N) is 1. The van der Waals surface area contributed by atoms with Gasteiger partial charge in [0.15, 0.2) is 0 Å². The van der Waals surface area contributed by atoms with Crippen molar-refractivity contribution in [3.63, 3.8) is 0 Å². The zero-order valence-electron chi connectivity index (χ0n) is 9.38. The normalized spacial score (nSPS) is 19.4. The number of ether oxygens (including phenoxy) is 1. The highest BCUT2D eigenvalue weighted by molar-refractivity contribution is 5.72. The zero-order chi connectivity index (χ0) is 10.6. The molecule has 0 amide bonds. The molecule has 1 heterocycles. The summed E-state index contributed by atoms with van der Waals surface area (Å²) in [4.78, 5) is 13.6. The van der Waals surface area contributed by atoms with E-state index in [0.29, 0.717) is 6.54 Å². The van der Waals surface area contributed by atoms with Gasteiger partial charge in [-0.1, -0.05) is 0 Å². The van der Waals surface area contributed by atoms with E-state index in [-0.39, 0.29) is 11.6 Å². The van der Waals surface area contributed by atoms with Crippen LogP contribution in [0.15, 0.2) is 0 Å². The first-order valence-electron chi connectivity index (χ1n) is 5.23. The van der Waals surface area contributed by atoms with E-state index in [2.05, 4.69) is 11.3 Å². The van der Waals surface area contributed by atoms with E-state index < -0.39 is 0 Å². The monoisotopic (exact) mass is 198 g/mol. The van der Waals surface area contributed by atoms with Crippen LogP contribution in [-0.4, -0.2) is 36.1 Å². The molecule has 1 radical (unpaired) electrons. The molecule has 0 atom stereocenters. The van der Waals surface area contributed by atoms with Gasteiger partial charge in [0.1, 0.15) is 5.60 Å². The first kappa shape index (κ1) is 11.5. The van der Waals surface area contributed by atoms with Crippen LogP contribution in [-0.2, 0) is 9.53 Å². The standard InChI is InChI=1S/C11H20NO2/c1-11(2,3)14-10(13)9-12-7-5-4-6-8-12/h4H,5-9H2,1-3H3. The third-order valence-corrected chi connectivity index (χ3v) is 2.07. The lowest BCUT2D eigenvalue weighted by Crippen LogP contribution is -2.37. The molecule has 0 aliphatic carbocycles. The average Bonchev–Trinajstić information content (AvgIpc) is 2.02. The van der Waals surface area contributed by atoms with Gasteiger partial charge in [0.05, 0.1) is 6.54 Å². The molecule has 1 aliphatic rings. The summed E-state index contributed by atoms with van der Waals surface area (Å²) < 4.78 is 5.25. The van der Waals surface area contributed by atoms with Crippen molar-refractivity contribution < 1.29 is 9.53 Å². The molecule has 3 nitrogen and oxygen atoms in total. The number of rotatable bonds is 2. The molecule has 0 aromatic heterocycles. The molecule has 81 valence electrons. The number of hydrogen-bond donors (Lipinski definition) is 0. The maximum absolute atomic E-state index is 11.5. The van der Waals surface area contributed by atoms with Crippen molar-refractivity contribution in [1.29, 1.82) is 0 Å². The van der Waals surface area contributed by atoms with Crippen LogP contribution in [0, 0.1) is 6.42 Å². The van der Waals surface area contributed by atoms with Gasteiger partial charge >= 0.3 is 5.97 Å². The third kappa shape index (κ3) is 4.61. The van der Waals surface area contributed by atoms with E-state index in [4.69, 9.17) is 4.74 Å². The lowest BCUT2D eigenvalue weighted by Gasteiger charge is -2.27. The van der Waals surface area contributed by atoms with Gasteiger partial charge in [-0.2, -0.15) is 0 Å². The Kier molecular flexibility index (Phi) is 3.93. The van der Waals surface area contributed by atoms with Crippen LogP contribution < -0.4 is 0 Å². The molecule has 0 saturated carbocycles. The molecule has 3 heteroatoms. The Balaban J connectivity index is 2.25. The van der Waals surface area contributed by atoms with Gasteiger partial charge in [-0.3, -0.25) is 9.69 Å². The van der Waals surface area contributed by atoms with E-state index in [0.717, 1.165) is 25.9 Å². The number of carbonyl (C=O) groups is 1. The lowest BCUT2D eigenvalue weighted by molar-refractivity contribution is -0.156. The number of piperidine rings is 1. The average molecular weight is 198 g/mol. The van der Waals surface area contributed by atoms with Crippen LogP contribution in [0.25, 0.3) is 0 Å². The maximum atomic E-state index is 11.5. The quantitative estimate of drug-likeness (QED) is 0.632. The highest BCUT2D eigenvalue weighted by Crippen LogP contribution is 2.10. The predicted octanol–water partition coefficient (Wildman–Crippen LogP) is 1.63. The number of likely N-dealkylation sites (tertiary alicyclic amines) is 1. The highest BCUT2D eigenvalue weighted by atomic mass is 16.6. The maximum Gasteiger partial charge on any atom is 0.320 e. The van der Waals surface area contributed by atoms with Gasteiger partial charge in [0, 0.05) is 0 Å². The minimum Gasteiger partial charge on any atom is -0.459 e. The second-order valence-corrected chi connectivity index (χ2v) is 4.73. The first-order valence-corrected chi connectivity index (χ1v) is 5.23. The molecule has 0 aromatic carbocycles. The van der Waals surface area contributed by atoms with Crippen molar-refractivity contribution >= 4 is 5.97 Å². The van der Waals surface area contributed by atoms with Gasteiger partial charge < -0.3 is 4.74 Å². The Labute approximate surface area is 86.4 Å². The van der Waals surface area contributed by atoms with E-state index in [9.17, 15) is 4.79 Å². The fourth-order valence-corrected chi connectivity index (χ4v) is 1.52.